The fourth-order valence-corrected chi connectivity index (χ4v) is 2.13. The highest BCUT2D eigenvalue weighted by atomic mass is 16.7. The van der Waals surface area contributed by atoms with E-state index in [4.69, 9.17) is 4.84 Å². The molecule has 4 nitrogen and oxygen atoms in total. The van der Waals surface area contributed by atoms with Crippen LogP contribution in [-0.2, 0) is 16.1 Å². The van der Waals surface area contributed by atoms with E-state index in [9.17, 15) is 4.79 Å². The Morgan fingerprint density at radius 2 is 2.10 bits per heavy atom. The standard InChI is InChI=1S/C16H20N2O2/c1-13(15-9-6-10-18(2)12-15)17-20-16(19)11-14-7-4-3-5-8-14/h3-5,7-9H,6,10-12H2,1-2H3. The maximum atomic E-state index is 11.7. The molecular weight excluding hydrogens is 252 g/mol. The molecule has 0 saturated carbocycles. The summed E-state index contributed by atoms with van der Waals surface area (Å²) in [5.74, 6) is -0.333. The highest BCUT2D eigenvalue weighted by Gasteiger charge is 2.12. The lowest BCUT2D eigenvalue weighted by atomic mass is 10.1. The van der Waals surface area contributed by atoms with Crippen LogP contribution in [0.2, 0.25) is 0 Å². The van der Waals surface area contributed by atoms with Gasteiger partial charge in [-0.15, -0.1) is 0 Å². The molecule has 0 N–H and O–H groups in total. The molecule has 0 amide bonds. The molecule has 0 saturated heterocycles. The van der Waals surface area contributed by atoms with Crippen LogP contribution < -0.4 is 0 Å². The molecule has 1 aromatic carbocycles. The second-order valence-corrected chi connectivity index (χ2v) is 5.06. The fraction of sp³-hybridized carbons (Fsp3) is 0.375. The summed E-state index contributed by atoms with van der Waals surface area (Å²) in [4.78, 5) is 18.9. The quantitative estimate of drug-likeness (QED) is 0.480. The molecule has 0 atom stereocenters. The SMILES string of the molecule is CC(=NOC(=O)Cc1ccccc1)C1=CCCN(C)C1. The third-order valence-electron chi connectivity index (χ3n) is 3.28. The van der Waals surface area contributed by atoms with Crippen molar-refractivity contribution in [2.45, 2.75) is 19.8 Å². The largest absolute Gasteiger partial charge is 0.339 e. The minimum Gasteiger partial charge on any atom is -0.318 e. The molecule has 0 unspecified atom stereocenters. The normalized spacial score (nSPS) is 16.7. The van der Waals surface area contributed by atoms with E-state index in [0.717, 1.165) is 36.4 Å². The molecule has 2 rings (SSSR count). The number of oxime groups is 1. The van der Waals surface area contributed by atoms with Gasteiger partial charge in [0.2, 0.25) is 0 Å². The van der Waals surface area contributed by atoms with Gasteiger partial charge in [-0.3, -0.25) is 0 Å². The first-order valence-corrected chi connectivity index (χ1v) is 6.81. The first-order valence-electron chi connectivity index (χ1n) is 6.81. The van der Waals surface area contributed by atoms with E-state index in [1.54, 1.807) is 0 Å². The molecule has 20 heavy (non-hydrogen) atoms. The third-order valence-corrected chi connectivity index (χ3v) is 3.28. The Balaban J connectivity index is 1.88. The second-order valence-electron chi connectivity index (χ2n) is 5.06. The van der Waals surface area contributed by atoms with Crippen LogP contribution in [0.3, 0.4) is 0 Å². The summed E-state index contributed by atoms with van der Waals surface area (Å²) >= 11 is 0. The summed E-state index contributed by atoms with van der Waals surface area (Å²) in [6.45, 7) is 3.79. The lowest BCUT2D eigenvalue weighted by Crippen LogP contribution is -2.28. The summed E-state index contributed by atoms with van der Waals surface area (Å²) in [6, 6.07) is 9.52. The van der Waals surface area contributed by atoms with Crippen molar-refractivity contribution in [3.05, 3.63) is 47.5 Å². The molecule has 0 radical (unpaired) electrons. The van der Waals surface area contributed by atoms with Crippen molar-refractivity contribution in [2.24, 2.45) is 5.16 Å². The molecule has 106 valence electrons. The minimum atomic E-state index is -0.333. The average Bonchev–Trinajstić information content (AvgIpc) is 2.46. The molecule has 4 heteroatoms. The molecule has 0 aromatic heterocycles. The van der Waals surface area contributed by atoms with E-state index in [1.807, 2.05) is 37.3 Å². The van der Waals surface area contributed by atoms with Crippen molar-refractivity contribution in [1.82, 2.24) is 4.90 Å². The molecule has 0 bridgehead atoms. The van der Waals surface area contributed by atoms with Gasteiger partial charge >= 0.3 is 5.97 Å². The van der Waals surface area contributed by atoms with Gasteiger partial charge in [0, 0.05) is 13.1 Å². The lowest BCUT2D eigenvalue weighted by Gasteiger charge is -2.22. The highest BCUT2D eigenvalue weighted by Crippen LogP contribution is 2.10. The van der Waals surface area contributed by atoms with Crippen LogP contribution in [0.5, 0.6) is 0 Å². The van der Waals surface area contributed by atoms with E-state index in [-0.39, 0.29) is 12.4 Å². The second kappa shape index (κ2) is 7.01. The Morgan fingerprint density at radius 3 is 2.80 bits per heavy atom. The van der Waals surface area contributed by atoms with E-state index in [0.29, 0.717) is 0 Å². The highest BCUT2D eigenvalue weighted by molar-refractivity contribution is 5.98. The zero-order valence-electron chi connectivity index (χ0n) is 12.0. The zero-order chi connectivity index (χ0) is 14.4. The molecule has 1 aromatic rings. The molecule has 1 aliphatic rings. The molecule has 0 spiro atoms. The Morgan fingerprint density at radius 1 is 1.35 bits per heavy atom. The number of carbonyl (C=O) groups is 1. The van der Waals surface area contributed by atoms with Crippen molar-refractivity contribution >= 4 is 11.7 Å². The maximum absolute atomic E-state index is 11.7. The number of carbonyl (C=O) groups excluding carboxylic acids is 1. The van der Waals surface area contributed by atoms with Gasteiger partial charge in [-0.2, -0.15) is 0 Å². The van der Waals surface area contributed by atoms with E-state index < -0.39 is 0 Å². The van der Waals surface area contributed by atoms with Crippen LogP contribution in [0.4, 0.5) is 0 Å². The first kappa shape index (κ1) is 14.5. The Bertz CT molecular complexity index is 521. The van der Waals surface area contributed by atoms with E-state index in [1.165, 1.54) is 0 Å². The number of likely N-dealkylation sites (N-methyl/N-ethyl adjacent to an activating group) is 1. The number of hydrogen-bond acceptors (Lipinski definition) is 4. The minimum absolute atomic E-state index is 0.247. The predicted molar refractivity (Wildman–Crippen MR) is 79.5 cm³/mol. The number of nitrogens with zero attached hydrogens (tertiary/aromatic N) is 2. The van der Waals surface area contributed by atoms with Gasteiger partial charge in [0.05, 0.1) is 12.1 Å². The number of benzene rings is 1. The Kier molecular flexibility index (Phi) is 5.07. The van der Waals surface area contributed by atoms with Gasteiger partial charge in [-0.05, 0) is 31.5 Å². The van der Waals surface area contributed by atoms with Crippen LogP contribution in [0, 0.1) is 0 Å². The third kappa shape index (κ3) is 4.31. The average molecular weight is 272 g/mol. The molecule has 0 aliphatic carbocycles. The van der Waals surface area contributed by atoms with Gasteiger partial charge in [0.15, 0.2) is 0 Å². The molecule has 0 fully saturated rings. The van der Waals surface area contributed by atoms with Crippen molar-refractivity contribution < 1.29 is 9.63 Å². The van der Waals surface area contributed by atoms with Crippen LogP contribution in [0.1, 0.15) is 18.9 Å². The zero-order valence-corrected chi connectivity index (χ0v) is 12.0. The number of rotatable bonds is 4. The van der Waals surface area contributed by atoms with Gasteiger partial charge < -0.3 is 9.74 Å². The number of hydrogen-bond donors (Lipinski definition) is 0. The van der Waals surface area contributed by atoms with E-state index in [2.05, 4.69) is 23.2 Å². The maximum Gasteiger partial charge on any atom is 0.339 e. The van der Waals surface area contributed by atoms with Crippen LogP contribution in [-0.4, -0.2) is 36.7 Å². The topological polar surface area (TPSA) is 41.9 Å². The van der Waals surface area contributed by atoms with Crippen LogP contribution in [0.15, 0.2) is 47.1 Å². The summed E-state index contributed by atoms with van der Waals surface area (Å²) in [6.07, 6.45) is 3.41. The lowest BCUT2D eigenvalue weighted by molar-refractivity contribution is -0.142. The van der Waals surface area contributed by atoms with Crippen LogP contribution in [0.25, 0.3) is 0 Å². The summed E-state index contributed by atoms with van der Waals surface area (Å²) in [5.41, 5.74) is 2.84. The predicted octanol–water partition coefficient (Wildman–Crippen LogP) is 2.41. The summed E-state index contributed by atoms with van der Waals surface area (Å²) < 4.78 is 0. The van der Waals surface area contributed by atoms with Gasteiger partial charge in [0.1, 0.15) is 0 Å². The van der Waals surface area contributed by atoms with Crippen molar-refractivity contribution in [1.29, 1.82) is 0 Å². The molecule has 1 aliphatic heterocycles. The Hall–Kier alpha value is -1.94. The first-order chi connectivity index (χ1) is 9.65. The summed E-state index contributed by atoms with van der Waals surface area (Å²) in [5, 5.41) is 3.95. The van der Waals surface area contributed by atoms with Crippen molar-refractivity contribution in [3.8, 4) is 0 Å². The molecular formula is C16H20N2O2. The monoisotopic (exact) mass is 272 g/mol. The van der Waals surface area contributed by atoms with Gasteiger partial charge in [0.25, 0.3) is 0 Å². The smallest absolute Gasteiger partial charge is 0.318 e. The van der Waals surface area contributed by atoms with Crippen molar-refractivity contribution in [2.75, 3.05) is 20.1 Å². The van der Waals surface area contributed by atoms with Gasteiger partial charge in [-0.1, -0.05) is 41.6 Å². The van der Waals surface area contributed by atoms with Crippen molar-refractivity contribution in [3.63, 3.8) is 0 Å². The van der Waals surface area contributed by atoms with Gasteiger partial charge in [-0.25, -0.2) is 4.79 Å². The van der Waals surface area contributed by atoms with Crippen LogP contribution >= 0.6 is 0 Å². The fourth-order valence-electron chi connectivity index (χ4n) is 2.13. The van der Waals surface area contributed by atoms with E-state index >= 15 is 0 Å². The molecule has 1 heterocycles. The Labute approximate surface area is 119 Å². The summed E-state index contributed by atoms with van der Waals surface area (Å²) in [7, 11) is 2.07.